The first kappa shape index (κ1) is 15.0. The molecule has 2 aromatic rings. The summed E-state index contributed by atoms with van der Waals surface area (Å²) in [6.45, 7) is 2.06. The molecule has 20 heavy (non-hydrogen) atoms. The van der Waals surface area contributed by atoms with Crippen LogP contribution in [0.1, 0.15) is 18.2 Å². The van der Waals surface area contributed by atoms with Crippen LogP contribution in [-0.2, 0) is 22.9 Å². The molecule has 0 saturated heterocycles. The average molecular weight is 308 g/mol. The van der Waals surface area contributed by atoms with E-state index >= 15 is 0 Å². The second-order valence-corrected chi connectivity index (χ2v) is 6.01. The summed E-state index contributed by atoms with van der Waals surface area (Å²) in [4.78, 5) is 8.82. The van der Waals surface area contributed by atoms with Crippen molar-refractivity contribution in [3.8, 4) is 11.1 Å². The third kappa shape index (κ3) is 3.58. The number of thioether (sulfide) groups is 1. The summed E-state index contributed by atoms with van der Waals surface area (Å²) in [6.07, 6.45) is 4.62. The molecule has 0 N–H and O–H groups in total. The summed E-state index contributed by atoms with van der Waals surface area (Å²) < 4.78 is 21.4. The molecule has 2 rings (SSSR count). The van der Waals surface area contributed by atoms with Crippen molar-refractivity contribution in [2.24, 2.45) is 0 Å². The standard InChI is InChI=1S/C14H16N2O2S2/c1-3-13-12(8-15-14(16-13)19-2)11-6-4-10(5-7-11)9-20(17)18/h4-8,20H,3,9H2,1-2H3. The molecule has 106 valence electrons. The van der Waals surface area contributed by atoms with E-state index in [1.54, 1.807) is 0 Å². The quantitative estimate of drug-likeness (QED) is 0.522. The molecule has 0 radical (unpaired) electrons. The van der Waals surface area contributed by atoms with E-state index in [9.17, 15) is 8.42 Å². The van der Waals surface area contributed by atoms with Crippen LogP contribution in [0.4, 0.5) is 0 Å². The molecular formula is C14H16N2O2S2. The Morgan fingerprint density at radius 2 is 1.90 bits per heavy atom. The van der Waals surface area contributed by atoms with Gasteiger partial charge in [-0.25, -0.2) is 18.4 Å². The lowest BCUT2D eigenvalue weighted by Gasteiger charge is -2.08. The van der Waals surface area contributed by atoms with Gasteiger partial charge >= 0.3 is 0 Å². The molecule has 0 amide bonds. The molecule has 6 heteroatoms. The highest BCUT2D eigenvalue weighted by Crippen LogP contribution is 2.24. The van der Waals surface area contributed by atoms with Crippen molar-refractivity contribution in [2.45, 2.75) is 24.3 Å². The minimum Gasteiger partial charge on any atom is -0.232 e. The highest BCUT2D eigenvalue weighted by Gasteiger charge is 2.08. The van der Waals surface area contributed by atoms with Crippen LogP contribution in [0.3, 0.4) is 0 Å². The highest BCUT2D eigenvalue weighted by molar-refractivity contribution is 7.98. The van der Waals surface area contributed by atoms with Crippen LogP contribution in [0.2, 0.25) is 0 Å². The molecule has 1 aromatic carbocycles. The van der Waals surface area contributed by atoms with Crippen molar-refractivity contribution in [1.82, 2.24) is 9.97 Å². The summed E-state index contributed by atoms with van der Waals surface area (Å²) in [6, 6.07) is 7.51. The van der Waals surface area contributed by atoms with E-state index in [0.717, 1.165) is 34.0 Å². The monoisotopic (exact) mass is 308 g/mol. The number of hydrogen-bond acceptors (Lipinski definition) is 5. The predicted octanol–water partition coefficient (Wildman–Crippen LogP) is 2.54. The van der Waals surface area contributed by atoms with Crippen molar-refractivity contribution in [3.63, 3.8) is 0 Å². The van der Waals surface area contributed by atoms with Gasteiger partial charge in [0.1, 0.15) is 10.7 Å². The first-order valence-corrected chi connectivity index (χ1v) is 8.83. The normalized spacial score (nSPS) is 10.9. The van der Waals surface area contributed by atoms with Gasteiger partial charge in [-0.3, -0.25) is 0 Å². The van der Waals surface area contributed by atoms with Gasteiger partial charge in [0.05, 0.1) is 11.4 Å². The maximum atomic E-state index is 10.7. The molecule has 0 aliphatic rings. The average Bonchev–Trinajstić information content (AvgIpc) is 2.47. The highest BCUT2D eigenvalue weighted by atomic mass is 32.2. The SMILES string of the molecule is CCc1nc(SC)ncc1-c1ccc(C[SH](=O)=O)cc1. The topological polar surface area (TPSA) is 59.9 Å². The number of hydrogen-bond donors (Lipinski definition) is 1. The molecule has 1 aromatic heterocycles. The van der Waals surface area contributed by atoms with Gasteiger partial charge < -0.3 is 0 Å². The Kier molecular flexibility index (Phi) is 5.14. The minimum atomic E-state index is -2.38. The number of aryl methyl sites for hydroxylation is 1. The van der Waals surface area contributed by atoms with Crippen LogP contribution in [0.25, 0.3) is 11.1 Å². The van der Waals surface area contributed by atoms with Crippen LogP contribution in [0.5, 0.6) is 0 Å². The summed E-state index contributed by atoms with van der Waals surface area (Å²) in [5, 5.41) is 0.769. The van der Waals surface area contributed by atoms with Crippen molar-refractivity contribution < 1.29 is 8.42 Å². The van der Waals surface area contributed by atoms with E-state index in [2.05, 4.69) is 16.9 Å². The van der Waals surface area contributed by atoms with Gasteiger partial charge in [-0.1, -0.05) is 43.0 Å². The predicted molar refractivity (Wildman–Crippen MR) is 82.6 cm³/mol. The number of rotatable bonds is 5. The first-order chi connectivity index (χ1) is 9.63. The largest absolute Gasteiger partial charge is 0.232 e. The number of nitrogens with zero attached hydrogens (tertiary/aromatic N) is 2. The molecule has 0 bridgehead atoms. The van der Waals surface area contributed by atoms with Crippen LogP contribution in [-0.4, -0.2) is 24.6 Å². The van der Waals surface area contributed by atoms with E-state index in [1.807, 2.05) is 36.7 Å². The molecular weight excluding hydrogens is 292 g/mol. The molecule has 0 saturated carbocycles. The molecule has 0 aliphatic heterocycles. The van der Waals surface area contributed by atoms with E-state index in [-0.39, 0.29) is 5.75 Å². The minimum absolute atomic E-state index is 0.0815. The fourth-order valence-corrected chi connectivity index (χ4v) is 2.82. The second-order valence-electron chi connectivity index (χ2n) is 4.26. The summed E-state index contributed by atoms with van der Waals surface area (Å²) in [5.74, 6) is 0.0815. The Hall–Kier alpha value is -1.40. The molecule has 1 heterocycles. The van der Waals surface area contributed by atoms with E-state index < -0.39 is 10.7 Å². The van der Waals surface area contributed by atoms with Crippen LogP contribution >= 0.6 is 11.8 Å². The molecule has 0 aliphatic carbocycles. The van der Waals surface area contributed by atoms with Crippen LogP contribution in [0, 0.1) is 0 Å². The van der Waals surface area contributed by atoms with Crippen molar-refractivity contribution >= 4 is 22.5 Å². The number of aromatic nitrogens is 2. The van der Waals surface area contributed by atoms with Crippen LogP contribution < -0.4 is 0 Å². The van der Waals surface area contributed by atoms with Gasteiger partial charge in [0.2, 0.25) is 0 Å². The second kappa shape index (κ2) is 6.85. The third-order valence-corrected chi connectivity index (χ3v) is 4.12. The van der Waals surface area contributed by atoms with Crippen LogP contribution in [0.15, 0.2) is 35.6 Å². The first-order valence-electron chi connectivity index (χ1n) is 6.25. The molecule has 4 nitrogen and oxygen atoms in total. The zero-order chi connectivity index (χ0) is 14.5. The van der Waals surface area contributed by atoms with E-state index in [4.69, 9.17) is 0 Å². The maximum absolute atomic E-state index is 10.7. The zero-order valence-corrected chi connectivity index (χ0v) is 13.1. The molecule has 0 unspecified atom stereocenters. The molecule has 0 fully saturated rings. The van der Waals surface area contributed by atoms with Crippen molar-refractivity contribution in [1.29, 1.82) is 0 Å². The Bertz CT molecular complexity index is 659. The van der Waals surface area contributed by atoms with Gasteiger partial charge in [0.15, 0.2) is 5.16 Å². The van der Waals surface area contributed by atoms with Crippen molar-refractivity contribution in [2.75, 3.05) is 6.26 Å². The summed E-state index contributed by atoms with van der Waals surface area (Å²) in [5.41, 5.74) is 3.82. The fraction of sp³-hybridized carbons (Fsp3) is 0.286. The molecule has 0 spiro atoms. The Morgan fingerprint density at radius 1 is 1.20 bits per heavy atom. The van der Waals surface area contributed by atoms with Gasteiger partial charge in [0.25, 0.3) is 0 Å². The van der Waals surface area contributed by atoms with Crippen molar-refractivity contribution in [3.05, 3.63) is 41.7 Å². The van der Waals surface area contributed by atoms with E-state index in [1.165, 1.54) is 11.8 Å². The number of benzene rings is 1. The third-order valence-electron chi connectivity index (χ3n) is 2.94. The molecule has 0 atom stereocenters. The lowest BCUT2D eigenvalue weighted by molar-refractivity contribution is 0.614. The lowest BCUT2D eigenvalue weighted by atomic mass is 10.0. The number of thiol groups is 1. The summed E-state index contributed by atoms with van der Waals surface area (Å²) >= 11 is 1.52. The van der Waals surface area contributed by atoms with E-state index in [0.29, 0.717) is 0 Å². The zero-order valence-electron chi connectivity index (χ0n) is 11.4. The Morgan fingerprint density at radius 3 is 2.45 bits per heavy atom. The Labute approximate surface area is 124 Å². The van der Waals surface area contributed by atoms with Gasteiger partial charge in [0, 0.05) is 11.8 Å². The fourth-order valence-electron chi connectivity index (χ4n) is 1.95. The Balaban J connectivity index is 2.36. The van der Waals surface area contributed by atoms with Gasteiger partial charge in [-0.15, -0.1) is 0 Å². The van der Waals surface area contributed by atoms with Gasteiger partial charge in [-0.05, 0) is 23.8 Å². The smallest absolute Gasteiger partial charge is 0.187 e. The van der Waals surface area contributed by atoms with Gasteiger partial charge in [-0.2, -0.15) is 0 Å². The lowest BCUT2D eigenvalue weighted by Crippen LogP contribution is -1.97. The maximum Gasteiger partial charge on any atom is 0.187 e. The summed E-state index contributed by atoms with van der Waals surface area (Å²) in [7, 11) is -2.38.